The van der Waals surface area contributed by atoms with E-state index in [0.29, 0.717) is 11.1 Å². The molecule has 0 aliphatic rings. The minimum absolute atomic E-state index is 0.188. The van der Waals surface area contributed by atoms with E-state index in [1.54, 1.807) is 18.2 Å². The lowest BCUT2D eigenvalue weighted by Gasteiger charge is -1.92. The molecule has 1 rings (SSSR count). The number of rotatable bonds is 1. The molecule has 0 unspecified atom stereocenters. The molecule has 0 spiro atoms. The fourth-order valence-corrected chi connectivity index (χ4v) is 0.893. The zero-order chi connectivity index (χ0) is 9.52. The van der Waals surface area contributed by atoms with E-state index < -0.39 is 0 Å². The molecule has 1 aromatic carbocycles. The number of carbonyl (C=O) groups is 1. The van der Waals surface area contributed by atoms with Crippen molar-refractivity contribution in [2.75, 3.05) is 0 Å². The third-order valence-corrected chi connectivity index (χ3v) is 1.48. The first-order valence-corrected chi connectivity index (χ1v) is 3.78. The van der Waals surface area contributed by atoms with E-state index >= 15 is 0 Å². The lowest BCUT2D eigenvalue weighted by Crippen LogP contribution is -1.85. The van der Waals surface area contributed by atoms with Gasteiger partial charge in [0.05, 0.1) is 12.5 Å². The molecule has 0 N–H and O–H groups in total. The van der Waals surface area contributed by atoms with Crippen molar-refractivity contribution < 1.29 is 4.79 Å². The Labute approximate surface area is 76.8 Å². The van der Waals surface area contributed by atoms with E-state index in [1.165, 1.54) is 0 Å². The maximum Gasteiger partial charge on any atom is 0.151 e. The van der Waals surface area contributed by atoms with Gasteiger partial charge in [-0.05, 0) is 6.07 Å². The molecule has 0 atom stereocenters. The number of benzene rings is 1. The van der Waals surface area contributed by atoms with Gasteiger partial charge in [0.25, 0.3) is 0 Å². The van der Waals surface area contributed by atoms with Gasteiger partial charge in [0.15, 0.2) is 6.29 Å². The van der Waals surface area contributed by atoms with Crippen molar-refractivity contribution in [3.05, 3.63) is 35.4 Å². The van der Waals surface area contributed by atoms with Crippen molar-refractivity contribution in [2.24, 2.45) is 0 Å². The van der Waals surface area contributed by atoms with Crippen LogP contribution < -0.4 is 0 Å². The van der Waals surface area contributed by atoms with E-state index in [-0.39, 0.29) is 6.42 Å². The van der Waals surface area contributed by atoms with Crippen LogP contribution in [0.15, 0.2) is 24.3 Å². The molecule has 62 valence electrons. The van der Waals surface area contributed by atoms with Crippen molar-refractivity contribution in [1.82, 2.24) is 0 Å². The van der Waals surface area contributed by atoms with Gasteiger partial charge in [-0.1, -0.05) is 30.0 Å². The van der Waals surface area contributed by atoms with Gasteiger partial charge in [-0.3, -0.25) is 4.79 Å². The zero-order valence-electron chi connectivity index (χ0n) is 6.95. The third kappa shape index (κ3) is 2.47. The highest BCUT2D eigenvalue weighted by Crippen LogP contribution is 2.03. The minimum Gasteiger partial charge on any atom is -0.298 e. The molecule has 0 aromatic heterocycles. The van der Waals surface area contributed by atoms with Crippen LogP contribution in [-0.2, 0) is 0 Å². The predicted octanol–water partition coefficient (Wildman–Crippen LogP) is 1.76. The molecule has 1 aromatic rings. The maximum absolute atomic E-state index is 10.5. The number of nitrogens with zero attached hydrogens (tertiary/aromatic N) is 1. The minimum atomic E-state index is 0.188. The number of hydrogen-bond donors (Lipinski definition) is 0. The largest absolute Gasteiger partial charge is 0.298 e. The predicted molar refractivity (Wildman–Crippen MR) is 48.9 cm³/mol. The average Bonchev–Trinajstić information content (AvgIpc) is 2.19. The molecule has 0 aliphatic heterocycles. The molecule has 13 heavy (non-hydrogen) atoms. The summed E-state index contributed by atoms with van der Waals surface area (Å²) in [5, 5.41) is 8.25. The second kappa shape index (κ2) is 4.74. The highest BCUT2D eigenvalue weighted by Gasteiger charge is 1.94. The van der Waals surface area contributed by atoms with E-state index in [9.17, 15) is 4.79 Å². The Hall–Kier alpha value is -2.06. The first-order chi connectivity index (χ1) is 6.38. The molecule has 0 bridgehead atoms. The Kier molecular flexibility index (Phi) is 3.30. The molecule has 0 heterocycles. The topological polar surface area (TPSA) is 40.9 Å². The molecule has 0 amide bonds. The molecule has 0 saturated heterocycles. The second-order valence-corrected chi connectivity index (χ2v) is 2.34. The summed E-state index contributed by atoms with van der Waals surface area (Å²) in [5.41, 5.74) is 1.24. The number of carbonyl (C=O) groups excluding carboxylic acids is 1. The highest BCUT2D eigenvalue weighted by atomic mass is 16.1. The fourth-order valence-electron chi connectivity index (χ4n) is 0.893. The Balaban J connectivity index is 2.97. The van der Waals surface area contributed by atoms with Gasteiger partial charge in [0, 0.05) is 11.1 Å². The van der Waals surface area contributed by atoms with Crippen molar-refractivity contribution in [1.29, 1.82) is 5.26 Å². The van der Waals surface area contributed by atoms with Crippen molar-refractivity contribution >= 4 is 6.29 Å². The molecular weight excluding hydrogens is 162 g/mol. The summed E-state index contributed by atoms with van der Waals surface area (Å²) in [6.07, 6.45) is 0.948. The lowest BCUT2D eigenvalue weighted by molar-refractivity contribution is 0.112. The van der Waals surface area contributed by atoms with Crippen LogP contribution in [0.1, 0.15) is 22.3 Å². The number of nitriles is 1. The molecule has 0 saturated carbocycles. The monoisotopic (exact) mass is 169 g/mol. The van der Waals surface area contributed by atoms with Crippen LogP contribution in [0.25, 0.3) is 0 Å². The van der Waals surface area contributed by atoms with Crippen LogP contribution in [0.2, 0.25) is 0 Å². The van der Waals surface area contributed by atoms with Gasteiger partial charge in [-0.15, -0.1) is 0 Å². The molecule has 2 heteroatoms. The second-order valence-electron chi connectivity index (χ2n) is 2.34. The van der Waals surface area contributed by atoms with E-state index in [0.717, 1.165) is 6.29 Å². The van der Waals surface area contributed by atoms with Crippen LogP contribution in [0.3, 0.4) is 0 Å². The lowest BCUT2D eigenvalue weighted by atomic mass is 10.1. The Morgan fingerprint density at radius 3 is 2.85 bits per heavy atom. The highest BCUT2D eigenvalue weighted by molar-refractivity contribution is 5.79. The van der Waals surface area contributed by atoms with Gasteiger partial charge < -0.3 is 0 Å². The Morgan fingerprint density at radius 2 is 2.15 bits per heavy atom. The third-order valence-electron chi connectivity index (χ3n) is 1.48. The maximum atomic E-state index is 10.5. The summed E-state index contributed by atoms with van der Waals surface area (Å²) in [7, 11) is 0. The van der Waals surface area contributed by atoms with Gasteiger partial charge in [-0.2, -0.15) is 5.26 Å². The van der Waals surface area contributed by atoms with Crippen LogP contribution in [-0.4, -0.2) is 6.29 Å². The van der Waals surface area contributed by atoms with Crippen molar-refractivity contribution in [2.45, 2.75) is 6.42 Å². The first kappa shape index (κ1) is 9.03. The van der Waals surface area contributed by atoms with Crippen LogP contribution in [0.5, 0.6) is 0 Å². The average molecular weight is 169 g/mol. The fraction of sp³-hybridized carbons (Fsp3) is 0.0909. The summed E-state index contributed by atoms with van der Waals surface area (Å²) in [4.78, 5) is 10.5. The quantitative estimate of drug-likeness (QED) is 0.474. The van der Waals surface area contributed by atoms with Crippen LogP contribution >= 0.6 is 0 Å². The summed E-state index contributed by atoms with van der Waals surface area (Å²) < 4.78 is 0. The summed E-state index contributed by atoms with van der Waals surface area (Å²) in [5.74, 6) is 5.42. The smallest absolute Gasteiger partial charge is 0.151 e. The van der Waals surface area contributed by atoms with E-state index in [2.05, 4.69) is 11.8 Å². The van der Waals surface area contributed by atoms with Crippen LogP contribution in [0.4, 0.5) is 0 Å². The summed E-state index contributed by atoms with van der Waals surface area (Å²) in [6.45, 7) is 0. The van der Waals surface area contributed by atoms with Gasteiger partial charge in [0.2, 0.25) is 0 Å². The molecular formula is C11H7NO. The van der Waals surface area contributed by atoms with E-state index in [4.69, 9.17) is 5.26 Å². The summed E-state index contributed by atoms with van der Waals surface area (Å²) >= 11 is 0. The molecule has 0 aliphatic carbocycles. The van der Waals surface area contributed by atoms with Crippen LogP contribution in [0, 0.1) is 23.2 Å². The SMILES string of the molecule is N#CCC#Cc1ccccc1C=O. The Bertz CT molecular complexity index is 404. The number of hydrogen-bond acceptors (Lipinski definition) is 2. The molecule has 0 radical (unpaired) electrons. The zero-order valence-corrected chi connectivity index (χ0v) is 6.95. The molecule has 2 nitrogen and oxygen atoms in total. The summed E-state index contributed by atoms with van der Waals surface area (Å²) in [6, 6.07) is 8.96. The normalized spacial score (nSPS) is 7.92. The first-order valence-electron chi connectivity index (χ1n) is 3.78. The van der Waals surface area contributed by atoms with Crippen molar-refractivity contribution in [3.8, 4) is 17.9 Å². The number of aldehydes is 1. The van der Waals surface area contributed by atoms with E-state index in [1.807, 2.05) is 12.1 Å². The van der Waals surface area contributed by atoms with Gasteiger partial charge in [0.1, 0.15) is 0 Å². The molecule has 0 fully saturated rings. The standard InChI is InChI=1S/C11H7NO/c12-8-4-3-6-10-5-1-2-7-11(10)9-13/h1-2,5,7,9H,4H2. The van der Waals surface area contributed by atoms with Gasteiger partial charge in [-0.25, -0.2) is 0 Å². The Morgan fingerprint density at radius 1 is 1.38 bits per heavy atom. The van der Waals surface area contributed by atoms with Gasteiger partial charge >= 0.3 is 0 Å². The van der Waals surface area contributed by atoms with Crippen molar-refractivity contribution in [3.63, 3.8) is 0 Å².